The minimum absolute atomic E-state index is 0.121. The fraction of sp³-hybridized carbons (Fsp3) is 0.375. The number of anilines is 1. The van der Waals surface area contributed by atoms with Crippen molar-refractivity contribution in [1.82, 2.24) is 4.98 Å². The zero-order chi connectivity index (χ0) is 15.4. The molecule has 0 aliphatic heterocycles. The number of amides is 1. The van der Waals surface area contributed by atoms with E-state index >= 15 is 0 Å². The zero-order valence-electron chi connectivity index (χ0n) is 12.8. The van der Waals surface area contributed by atoms with Gasteiger partial charge in [-0.25, -0.2) is 4.98 Å². The highest BCUT2D eigenvalue weighted by atomic mass is 32.1. The van der Waals surface area contributed by atoms with Crippen molar-refractivity contribution < 1.29 is 9.53 Å². The van der Waals surface area contributed by atoms with E-state index in [4.69, 9.17) is 4.74 Å². The van der Waals surface area contributed by atoms with E-state index in [-0.39, 0.29) is 5.91 Å². The van der Waals surface area contributed by atoms with Gasteiger partial charge in [0.1, 0.15) is 9.88 Å². The van der Waals surface area contributed by atoms with Crippen molar-refractivity contribution in [1.29, 1.82) is 0 Å². The van der Waals surface area contributed by atoms with Gasteiger partial charge in [-0.1, -0.05) is 26.0 Å². The third kappa shape index (κ3) is 3.89. The Morgan fingerprint density at radius 3 is 2.57 bits per heavy atom. The van der Waals surface area contributed by atoms with Crippen LogP contribution in [0.5, 0.6) is 0 Å². The summed E-state index contributed by atoms with van der Waals surface area (Å²) in [5.41, 5.74) is 2.79. The van der Waals surface area contributed by atoms with E-state index in [1.165, 1.54) is 16.9 Å². The van der Waals surface area contributed by atoms with Crippen LogP contribution in [-0.2, 0) is 11.3 Å². The lowest BCUT2D eigenvalue weighted by Crippen LogP contribution is -2.11. The van der Waals surface area contributed by atoms with Crippen molar-refractivity contribution in [3.8, 4) is 0 Å². The van der Waals surface area contributed by atoms with Gasteiger partial charge in [-0.15, -0.1) is 11.3 Å². The third-order valence-corrected chi connectivity index (χ3v) is 4.28. The maximum atomic E-state index is 12.3. The van der Waals surface area contributed by atoms with Crippen LogP contribution >= 0.6 is 11.3 Å². The van der Waals surface area contributed by atoms with Crippen LogP contribution in [0, 0.1) is 6.92 Å². The van der Waals surface area contributed by atoms with Gasteiger partial charge in [0.15, 0.2) is 0 Å². The number of nitrogens with zero attached hydrogens (tertiary/aromatic N) is 1. The van der Waals surface area contributed by atoms with Crippen molar-refractivity contribution in [3.05, 3.63) is 45.4 Å². The molecule has 0 fully saturated rings. The number of benzene rings is 1. The maximum absolute atomic E-state index is 12.3. The minimum atomic E-state index is -0.121. The normalized spacial score (nSPS) is 10.9. The Morgan fingerprint density at radius 2 is 2.00 bits per heavy atom. The Balaban J connectivity index is 2.10. The number of ether oxygens (including phenoxy) is 1. The van der Waals surface area contributed by atoms with Crippen LogP contribution in [0.2, 0.25) is 0 Å². The van der Waals surface area contributed by atoms with Crippen LogP contribution in [-0.4, -0.2) is 18.0 Å². The summed E-state index contributed by atoms with van der Waals surface area (Å²) in [6, 6.07) is 7.94. The molecule has 0 atom stereocenters. The van der Waals surface area contributed by atoms with E-state index in [1.54, 1.807) is 7.11 Å². The summed E-state index contributed by atoms with van der Waals surface area (Å²) in [6.45, 7) is 6.56. The molecule has 0 radical (unpaired) electrons. The van der Waals surface area contributed by atoms with Crippen molar-refractivity contribution >= 4 is 22.9 Å². The van der Waals surface area contributed by atoms with Gasteiger partial charge in [-0.2, -0.15) is 0 Å². The molecule has 1 N–H and O–H groups in total. The minimum Gasteiger partial charge on any atom is -0.378 e. The summed E-state index contributed by atoms with van der Waals surface area (Å²) in [7, 11) is 1.62. The van der Waals surface area contributed by atoms with Crippen molar-refractivity contribution in [3.63, 3.8) is 0 Å². The van der Waals surface area contributed by atoms with E-state index in [0.29, 0.717) is 17.4 Å². The topological polar surface area (TPSA) is 51.2 Å². The molecule has 1 heterocycles. The van der Waals surface area contributed by atoms with E-state index in [1.807, 2.05) is 31.2 Å². The number of carbonyl (C=O) groups excluding carboxylic acids is 1. The molecule has 2 rings (SSSR count). The molecular weight excluding hydrogens is 284 g/mol. The lowest BCUT2D eigenvalue weighted by atomic mass is 10.0. The predicted molar refractivity (Wildman–Crippen MR) is 86.0 cm³/mol. The van der Waals surface area contributed by atoms with Gasteiger partial charge in [0.05, 0.1) is 12.3 Å². The summed E-state index contributed by atoms with van der Waals surface area (Å²) in [4.78, 5) is 17.3. The molecule has 5 heteroatoms. The van der Waals surface area contributed by atoms with Crippen LogP contribution in [0.25, 0.3) is 0 Å². The van der Waals surface area contributed by atoms with Crippen LogP contribution in [0.3, 0.4) is 0 Å². The molecule has 1 aromatic carbocycles. The van der Waals surface area contributed by atoms with Crippen LogP contribution in [0.15, 0.2) is 24.3 Å². The fourth-order valence-corrected chi connectivity index (χ4v) is 2.92. The first-order valence-electron chi connectivity index (χ1n) is 6.87. The number of methoxy groups -OCH3 is 1. The average Bonchev–Trinajstić information content (AvgIpc) is 2.81. The molecule has 0 unspecified atom stereocenters. The summed E-state index contributed by atoms with van der Waals surface area (Å²) in [6.07, 6.45) is 0. The molecule has 21 heavy (non-hydrogen) atoms. The largest absolute Gasteiger partial charge is 0.378 e. The number of aromatic nitrogens is 1. The van der Waals surface area contributed by atoms with Crippen LogP contribution in [0.4, 0.5) is 5.69 Å². The Morgan fingerprint density at radius 1 is 1.33 bits per heavy atom. The van der Waals surface area contributed by atoms with E-state index < -0.39 is 0 Å². The van der Waals surface area contributed by atoms with Gasteiger partial charge in [0.2, 0.25) is 0 Å². The first-order chi connectivity index (χ1) is 10.0. The molecule has 1 amide bonds. The Labute approximate surface area is 129 Å². The van der Waals surface area contributed by atoms with Gasteiger partial charge < -0.3 is 10.1 Å². The second kappa shape index (κ2) is 6.83. The van der Waals surface area contributed by atoms with Crippen molar-refractivity contribution in [2.24, 2.45) is 0 Å². The highest BCUT2D eigenvalue weighted by molar-refractivity contribution is 7.13. The smallest absolute Gasteiger partial charge is 0.267 e. The Kier molecular flexibility index (Phi) is 5.09. The number of hydrogen-bond donors (Lipinski definition) is 1. The van der Waals surface area contributed by atoms with E-state index in [9.17, 15) is 4.79 Å². The molecule has 0 bridgehead atoms. The molecular formula is C16H20N2O2S. The summed E-state index contributed by atoms with van der Waals surface area (Å²) < 4.78 is 5.05. The number of aryl methyl sites for hydroxylation is 1. The Hall–Kier alpha value is -1.72. The highest BCUT2D eigenvalue weighted by Crippen LogP contribution is 2.21. The molecule has 0 spiro atoms. The molecule has 4 nitrogen and oxygen atoms in total. The number of carbonyl (C=O) groups is 1. The quantitative estimate of drug-likeness (QED) is 0.909. The summed E-state index contributed by atoms with van der Waals surface area (Å²) in [5.74, 6) is 0.361. The number of thiazole rings is 1. The summed E-state index contributed by atoms with van der Waals surface area (Å²) in [5, 5.41) is 3.73. The van der Waals surface area contributed by atoms with E-state index in [0.717, 1.165) is 16.4 Å². The molecule has 0 saturated heterocycles. The van der Waals surface area contributed by atoms with Gasteiger partial charge >= 0.3 is 0 Å². The molecule has 112 valence electrons. The lowest BCUT2D eigenvalue weighted by molar-refractivity contribution is 0.103. The molecule has 0 saturated carbocycles. The van der Waals surface area contributed by atoms with Gasteiger partial charge in [-0.3, -0.25) is 4.79 Å². The molecule has 0 aliphatic rings. The third-order valence-electron chi connectivity index (χ3n) is 3.15. The predicted octanol–water partition coefficient (Wildman–Crippen LogP) is 3.97. The number of nitrogens with one attached hydrogen (secondary N) is 1. The second-order valence-corrected chi connectivity index (χ2v) is 6.27. The van der Waals surface area contributed by atoms with Gasteiger partial charge in [0.25, 0.3) is 5.91 Å². The van der Waals surface area contributed by atoms with E-state index in [2.05, 4.69) is 24.1 Å². The second-order valence-electron chi connectivity index (χ2n) is 5.19. The summed E-state index contributed by atoms with van der Waals surface area (Å²) >= 11 is 1.37. The molecule has 0 aliphatic carbocycles. The van der Waals surface area contributed by atoms with Crippen LogP contribution in [0.1, 0.15) is 45.7 Å². The number of hydrogen-bond acceptors (Lipinski definition) is 4. The lowest BCUT2D eigenvalue weighted by Gasteiger charge is -2.08. The number of rotatable bonds is 5. The van der Waals surface area contributed by atoms with Gasteiger partial charge in [-0.05, 0) is 30.5 Å². The monoisotopic (exact) mass is 304 g/mol. The molecule has 2 aromatic rings. The average molecular weight is 304 g/mol. The zero-order valence-corrected chi connectivity index (χ0v) is 13.6. The van der Waals surface area contributed by atoms with Crippen molar-refractivity contribution in [2.75, 3.05) is 12.4 Å². The fourth-order valence-electron chi connectivity index (χ4n) is 1.99. The standard InChI is InChI=1S/C16H20N2O2S/c1-10(2)12-5-7-13(8-6-12)18-16(19)15-11(3)17-14(21-15)9-20-4/h5-8,10H,9H2,1-4H3,(H,18,19). The SMILES string of the molecule is COCc1nc(C)c(C(=O)Nc2ccc(C(C)C)cc2)s1. The molecule has 1 aromatic heterocycles. The first-order valence-corrected chi connectivity index (χ1v) is 7.69. The van der Waals surface area contributed by atoms with Gasteiger partial charge in [0, 0.05) is 12.8 Å². The Bertz CT molecular complexity index is 618. The van der Waals surface area contributed by atoms with Crippen molar-refractivity contribution in [2.45, 2.75) is 33.3 Å². The maximum Gasteiger partial charge on any atom is 0.267 e. The highest BCUT2D eigenvalue weighted by Gasteiger charge is 2.15. The van der Waals surface area contributed by atoms with Crippen LogP contribution < -0.4 is 5.32 Å². The first kappa shape index (κ1) is 15.7.